The normalized spacial score (nSPS) is 22.9. The van der Waals surface area contributed by atoms with E-state index in [1.54, 1.807) is 0 Å². The molecule has 0 saturated carbocycles. The lowest BCUT2D eigenvalue weighted by Crippen LogP contribution is -2.44. The molecule has 0 bridgehead atoms. The summed E-state index contributed by atoms with van der Waals surface area (Å²) in [6.07, 6.45) is 2.77. The topological polar surface area (TPSA) is 59.1 Å². The van der Waals surface area contributed by atoms with Gasteiger partial charge in [0.05, 0.1) is 19.2 Å². The molecule has 3 atom stereocenters. The number of carbonyl (C=O) groups excluding carboxylic acids is 2. The van der Waals surface area contributed by atoms with Gasteiger partial charge in [-0.3, -0.25) is 9.69 Å². The minimum Gasteiger partial charge on any atom is -0.493 e. The summed E-state index contributed by atoms with van der Waals surface area (Å²) in [4.78, 5) is 29.6. The van der Waals surface area contributed by atoms with Crippen molar-refractivity contribution in [3.63, 3.8) is 0 Å². The third kappa shape index (κ3) is 7.10. The van der Waals surface area contributed by atoms with Crippen LogP contribution in [0.3, 0.4) is 0 Å². The highest BCUT2D eigenvalue weighted by atomic mass is 16.6. The van der Waals surface area contributed by atoms with E-state index in [1.165, 1.54) is 0 Å². The van der Waals surface area contributed by atoms with E-state index in [0.29, 0.717) is 31.5 Å². The van der Waals surface area contributed by atoms with E-state index in [4.69, 9.17) is 9.47 Å². The minimum atomic E-state index is -0.520. The van der Waals surface area contributed by atoms with Crippen LogP contribution >= 0.6 is 0 Å². The maximum absolute atomic E-state index is 13.0. The Labute approximate surface area is 215 Å². The zero-order valence-electron chi connectivity index (χ0n) is 22.1. The number of piperidine rings is 1. The first kappa shape index (κ1) is 26.2. The summed E-state index contributed by atoms with van der Waals surface area (Å²) in [5.74, 6) is 1.84. The van der Waals surface area contributed by atoms with Crippen LogP contribution in [0.2, 0.25) is 0 Å². The second-order valence-electron chi connectivity index (χ2n) is 11.4. The average molecular weight is 493 g/mol. The summed E-state index contributed by atoms with van der Waals surface area (Å²) in [7, 11) is 0. The molecule has 0 unspecified atom stereocenters. The van der Waals surface area contributed by atoms with Crippen LogP contribution in [-0.2, 0) is 4.74 Å². The summed E-state index contributed by atoms with van der Waals surface area (Å²) >= 11 is 0. The highest BCUT2D eigenvalue weighted by Gasteiger charge is 2.34. The van der Waals surface area contributed by atoms with Gasteiger partial charge in [0.1, 0.15) is 11.4 Å². The predicted octanol–water partition coefficient (Wildman–Crippen LogP) is 5.98. The lowest BCUT2D eigenvalue weighted by molar-refractivity contribution is 0.00359. The van der Waals surface area contributed by atoms with Crippen molar-refractivity contribution >= 4 is 11.9 Å². The van der Waals surface area contributed by atoms with Crippen molar-refractivity contribution in [3.05, 3.63) is 65.7 Å². The van der Waals surface area contributed by atoms with Crippen LogP contribution in [0.25, 0.3) is 0 Å². The Morgan fingerprint density at radius 2 is 1.75 bits per heavy atom. The Bertz CT molecular complexity index is 1030. The van der Waals surface area contributed by atoms with Crippen LogP contribution in [0.15, 0.2) is 54.6 Å². The van der Waals surface area contributed by atoms with Gasteiger partial charge in [-0.05, 0) is 70.2 Å². The molecule has 2 saturated heterocycles. The largest absolute Gasteiger partial charge is 0.493 e. The van der Waals surface area contributed by atoms with E-state index in [2.05, 4.69) is 24.0 Å². The number of rotatable bonds is 7. The number of carbonyl (C=O) groups is 2. The number of amides is 1. The number of Topliss-reactive ketones (excluding diaryl/α,β-unsaturated/α-hetero) is 1. The van der Waals surface area contributed by atoms with Crippen LogP contribution < -0.4 is 4.74 Å². The molecule has 0 spiro atoms. The zero-order chi connectivity index (χ0) is 25.7. The average Bonchev–Trinajstić information content (AvgIpc) is 3.29. The maximum Gasteiger partial charge on any atom is 0.410 e. The molecular weight excluding hydrogens is 452 g/mol. The number of hydrogen-bond donors (Lipinski definition) is 0. The summed E-state index contributed by atoms with van der Waals surface area (Å²) in [6.45, 7) is 11.5. The van der Waals surface area contributed by atoms with Gasteiger partial charge in [-0.1, -0.05) is 49.4 Å². The second kappa shape index (κ2) is 11.5. The Morgan fingerprint density at radius 3 is 2.50 bits per heavy atom. The molecule has 6 heteroatoms. The smallest absolute Gasteiger partial charge is 0.410 e. The van der Waals surface area contributed by atoms with Gasteiger partial charge in [-0.15, -0.1) is 0 Å². The Hall–Kier alpha value is -2.86. The van der Waals surface area contributed by atoms with Crippen LogP contribution in [0.4, 0.5) is 4.79 Å². The van der Waals surface area contributed by atoms with Crippen molar-refractivity contribution in [1.29, 1.82) is 0 Å². The molecule has 0 radical (unpaired) electrons. The zero-order valence-corrected chi connectivity index (χ0v) is 22.1. The lowest BCUT2D eigenvalue weighted by atomic mass is 9.90. The molecule has 0 aromatic heterocycles. The molecule has 2 aliphatic heterocycles. The predicted molar refractivity (Wildman–Crippen MR) is 141 cm³/mol. The molecular formula is C30H40N2O4. The number of likely N-dealkylation sites (tertiary alicyclic amines) is 2. The second-order valence-corrected chi connectivity index (χ2v) is 11.4. The molecule has 36 heavy (non-hydrogen) atoms. The highest BCUT2D eigenvalue weighted by Crippen LogP contribution is 2.35. The van der Waals surface area contributed by atoms with Crippen LogP contribution in [0.5, 0.6) is 5.75 Å². The molecule has 4 rings (SSSR count). The van der Waals surface area contributed by atoms with E-state index in [9.17, 15) is 9.59 Å². The van der Waals surface area contributed by atoms with Gasteiger partial charge in [0, 0.05) is 24.6 Å². The molecule has 194 valence electrons. The van der Waals surface area contributed by atoms with Gasteiger partial charge < -0.3 is 14.4 Å². The number of nitrogens with zero attached hydrogens (tertiary/aromatic N) is 2. The number of ether oxygens (including phenoxy) is 2. The third-order valence-corrected chi connectivity index (χ3v) is 7.01. The molecule has 2 aromatic carbocycles. The molecule has 0 aliphatic carbocycles. The summed E-state index contributed by atoms with van der Waals surface area (Å²) in [5.41, 5.74) is 1.34. The molecule has 2 aliphatic rings. The van der Waals surface area contributed by atoms with E-state index < -0.39 is 5.60 Å². The van der Waals surface area contributed by atoms with E-state index in [0.717, 1.165) is 49.2 Å². The lowest BCUT2D eigenvalue weighted by Gasteiger charge is -2.39. The van der Waals surface area contributed by atoms with E-state index in [-0.39, 0.29) is 17.9 Å². The minimum absolute atomic E-state index is 0.00873. The van der Waals surface area contributed by atoms with Crippen molar-refractivity contribution in [2.45, 2.75) is 58.6 Å². The van der Waals surface area contributed by atoms with Gasteiger partial charge in [0.25, 0.3) is 0 Å². The van der Waals surface area contributed by atoms with Gasteiger partial charge in [0.15, 0.2) is 5.78 Å². The van der Waals surface area contributed by atoms with Crippen LogP contribution in [0.1, 0.15) is 68.9 Å². The van der Waals surface area contributed by atoms with Gasteiger partial charge in [-0.25, -0.2) is 4.79 Å². The molecule has 6 nitrogen and oxygen atoms in total. The Morgan fingerprint density at radius 1 is 0.972 bits per heavy atom. The fourth-order valence-corrected chi connectivity index (χ4v) is 5.16. The third-order valence-electron chi connectivity index (χ3n) is 7.01. The van der Waals surface area contributed by atoms with Crippen molar-refractivity contribution < 1.29 is 19.1 Å². The molecule has 1 amide bonds. The monoisotopic (exact) mass is 492 g/mol. The van der Waals surface area contributed by atoms with Crippen molar-refractivity contribution in [3.8, 4) is 5.75 Å². The van der Waals surface area contributed by atoms with E-state index in [1.807, 2.05) is 68.1 Å². The van der Waals surface area contributed by atoms with Crippen molar-refractivity contribution in [2.75, 3.05) is 32.8 Å². The van der Waals surface area contributed by atoms with E-state index >= 15 is 0 Å². The first-order valence-corrected chi connectivity index (χ1v) is 13.2. The summed E-state index contributed by atoms with van der Waals surface area (Å²) in [6, 6.07) is 17.6. The molecule has 2 heterocycles. The standard InChI is InChI=1S/C30H40N2O4/c1-22-13-14-27(32(18-22)29(34)36-30(2,3)4)25-11-8-12-26(17-25)35-21-23-15-16-31(19-23)20-28(33)24-9-6-5-7-10-24/h5-12,17,22-23,27H,13-16,18-21H2,1-4H3/t22-,23+,27+/m0/s1. The Balaban J connectivity index is 1.33. The van der Waals surface area contributed by atoms with Crippen molar-refractivity contribution in [2.24, 2.45) is 11.8 Å². The van der Waals surface area contributed by atoms with Gasteiger partial charge in [0.2, 0.25) is 0 Å². The Kier molecular flexibility index (Phi) is 8.35. The first-order chi connectivity index (χ1) is 17.2. The molecule has 2 fully saturated rings. The molecule has 2 aromatic rings. The molecule has 0 N–H and O–H groups in total. The summed E-state index contributed by atoms with van der Waals surface area (Å²) in [5, 5.41) is 0. The van der Waals surface area contributed by atoms with Gasteiger partial charge in [-0.2, -0.15) is 0 Å². The van der Waals surface area contributed by atoms with Gasteiger partial charge >= 0.3 is 6.09 Å². The number of hydrogen-bond acceptors (Lipinski definition) is 5. The maximum atomic E-state index is 13.0. The number of ketones is 1. The fraction of sp³-hybridized carbons (Fsp3) is 0.533. The summed E-state index contributed by atoms with van der Waals surface area (Å²) < 4.78 is 11.9. The quantitative estimate of drug-likeness (QED) is 0.445. The van der Waals surface area contributed by atoms with Crippen LogP contribution in [0, 0.1) is 11.8 Å². The highest BCUT2D eigenvalue weighted by molar-refractivity contribution is 5.97. The first-order valence-electron chi connectivity index (χ1n) is 13.2. The fourth-order valence-electron chi connectivity index (χ4n) is 5.16. The number of benzene rings is 2. The van der Waals surface area contributed by atoms with Crippen molar-refractivity contribution in [1.82, 2.24) is 9.80 Å². The SMILES string of the molecule is C[C@H]1CC[C@H](c2cccc(OC[C@@H]3CCN(CC(=O)c4ccccc4)C3)c2)N(C(=O)OC(C)(C)C)C1. The van der Waals surface area contributed by atoms with Crippen LogP contribution in [-0.4, -0.2) is 60.1 Å².